The van der Waals surface area contributed by atoms with E-state index < -0.39 is 0 Å². The summed E-state index contributed by atoms with van der Waals surface area (Å²) in [5.74, 6) is 0.490. The number of esters is 1. The van der Waals surface area contributed by atoms with Crippen LogP contribution in [0.4, 0.5) is 0 Å². The van der Waals surface area contributed by atoms with Crippen molar-refractivity contribution in [3.63, 3.8) is 0 Å². The Bertz CT molecular complexity index is 530. The third-order valence-electron chi connectivity index (χ3n) is 4.11. The first-order valence-corrected chi connectivity index (χ1v) is 7.45. The fraction of sp³-hybridized carbons (Fsp3) is 0.471. The number of piperidine rings is 1. The molecule has 1 aromatic rings. The highest BCUT2D eigenvalue weighted by Gasteiger charge is 2.23. The second-order valence-corrected chi connectivity index (χ2v) is 5.78. The van der Waals surface area contributed by atoms with Crippen molar-refractivity contribution in [3.05, 3.63) is 41.0 Å². The summed E-state index contributed by atoms with van der Waals surface area (Å²) in [7, 11) is 0. The van der Waals surface area contributed by atoms with Crippen LogP contribution in [0.25, 0.3) is 6.08 Å². The SMILES string of the molecule is CC1Cc2cc(/C=C/C3CCNCC3)ccc2C(=O)O1. The van der Waals surface area contributed by atoms with Crippen molar-refractivity contribution in [2.45, 2.75) is 32.3 Å². The van der Waals surface area contributed by atoms with Crippen LogP contribution in [-0.4, -0.2) is 25.2 Å². The second kappa shape index (κ2) is 5.80. The fourth-order valence-corrected chi connectivity index (χ4v) is 2.97. The predicted molar refractivity (Wildman–Crippen MR) is 79.7 cm³/mol. The van der Waals surface area contributed by atoms with Crippen molar-refractivity contribution >= 4 is 12.0 Å². The number of rotatable bonds is 2. The minimum absolute atomic E-state index is 0.0151. The number of carbonyl (C=O) groups is 1. The van der Waals surface area contributed by atoms with Crippen LogP contribution in [0, 0.1) is 5.92 Å². The van der Waals surface area contributed by atoms with E-state index in [-0.39, 0.29) is 12.1 Å². The molecule has 1 atom stereocenters. The molecule has 0 spiro atoms. The molecule has 1 fully saturated rings. The summed E-state index contributed by atoms with van der Waals surface area (Å²) in [5, 5.41) is 3.38. The van der Waals surface area contributed by atoms with Gasteiger partial charge >= 0.3 is 5.97 Å². The summed E-state index contributed by atoms with van der Waals surface area (Å²) in [6.07, 6.45) is 7.73. The molecule has 1 aromatic carbocycles. The van der Waals surface area contributed by atoms with Gasteiger partial charge in [0.05, 0.1) is 5.56 Å². The number of nitrogens with one attached hydrogen (secondary N) is 1. The zero-order chi connectivity index (χ0) is 13.9. The van der Waals surface area contributed by atoms with Crippen LogP contribution in [0.3, 0.4) is 0 Å². The van der Waals surface area contributed by atoms with Crippen molar-refractivity contribution in [1.29, 1.82) is 0 Å². The summed E-state index contributed by atoms with van der Waals surface area (Å²) < 4.78 is 5.24. The first kappa shape index (κ1) is 13.4. The highest BCUT2D eigenvalue weighted by molar-refractivity contribution is 5.92. The quantitative estimate of drug-likeness (QED) is 0.841. The maximum Gasteiger partial charge on any atom is 0.338 e. The Morgan fingerprint density at radius 3 is 2.90 bits per heavy atom. The van der Waals surface area contributed by atoms with Crippen molar-refractivity contribution in [2.75, 3.05) is 13.1 Å². The van der Waals surface area contributed by atoms with Crippen molar-refractivity contribution in [3.8, 4) is 0 Å². The number of cyclic esters (lactones) is 1. The van der Waals surface area contributed by atoms with E-state index in [1.54, 1.807) is 0 Å². The van der Waals surface area contributed by atoms with Gasteiger partial charge in [-0.2, -0.15) is 0 Å². The summed E-state index contributed by atoms with van der Waals surface area (Å²) in [4.78, 5) is 11.8. The zero-order valence-electron chi connectivity index (χ0n) is 11.9. The smallest absolute Gasteiger partial charge is 0.338 e. The average molecular weight is 271 g/mol. The van der Waals surface area contributed by atoms with Gasteiger partial charge < -0.3 is 10.1 Å². The highest BCUT2D eigenvalue weighted by Crippen LogP contribution is 2.23. The summed E-state index contributed by atoms with van der Waals surface area (Å²) in [5.41, 5.74) is 3.02. The lowest BCUT2D eigenvalue weighted by molar-refractivity contribution is 0.0301. The van der Waals surface area contributed by atoms with Crippen LogP contribution < -0.4 is 5.32 Å². The van der Waals surface area contributed by atoms with Crippen LogP contribution in [0.15, 0.2) is 24.3 Å². The topological polar surface area (TPSA) is 38.3 Å². The molecule has 3 nitrogen and oxygen atoms in total. The second-order valence-electron chi connectivity index (χ2n) is 5.78. The van der Waals surface area contributed by atoms with Gasteiger partial charge in [-0.25, -0.2) is 4.79 Å². The predicted octanol–water partition coefficient (Wildman–Crippen LogP) is 2.80. The minimum Gasteiger partial charge on any atom is -0.459 e. The van der Waals surface area contributed by atoms with Crippen LogP contribution in [-0.2, 0) is 11.2 Å². The van der Waals surface area contributed by atoms with E-state index >= 15 is 0 Å². The average Bonchev–Trinajstić information content (AvgIpc) is 2.45. The fourth-order valence-electron chi connectivity index (χ4n) is 2.97. The van der Waals surface area contributed by atoms with E-state index in [1.807, 2.05) is 19.1 Å². The normalized spacial score (nSPS) is 23.6. The molecular weight excluding hydrogens is 250 g/mol. The molecule has 2 heterocycles. The number of fused-ring (bicyclic) bond motifs is 1. The van der Waals surface area contributed by atoms with Gasteiger partial charge in [-0.15, -0.1) is 0 Å². The van der Waals surface area contributed by atoms with E-state index in [0.29, 0.717) is 5.92 Å². The summed E-state index contributed by atoms with van der Waals surface area (Å²) in [6.45, 7) is 4.17. The molecule has 2 aliphatic rings. The molecule has 20 heavy (non-hydrogen) atoms. The van der Waals surface area contributed by atoms with Crippen LogP contribution in [0.5, 0.6) is 0 Å². The van der Waals surface area contributed by atoms with E-state index in [4.69, 9.17) is 4.74 Å². The Hall–Kier alpha value is -1.61. The molecule has 0 saturated carbocycles. The van der Waals surface area contributed by atoms with Gasteiger partial charge in [-0.3, -0.25) is 0 Å². The molecule has 0 radical (unpaired) electrons. The Balaban J connectivity index is 1.76. The number of ether oxygens (including phenoxy) is 1. The van der Waals surface area contributed by atoms with Crippen molar-refractivity contribution in [2.24, 2.45) is 5.92 Å². The Kier molecular flexibility index (Phi) is 3.88. The maximum atomic E-state index is 11.8. The lowest BCUT2D eigenvalue weighted by Gasteiger charge is -2.22. The molecule has 0 bridgehead atoms. The number of allylic oxidation sites excluding steroid dienone is 1. The first-order valence-electron chi connectivity index (χ1n) is 7.45. The van der Waals surface area contributed by atoms with Gasteiger partial charge in [0.1, 0.15) is 6.10 Å². The third kappa shape index (κ3) is 2.93. The van der Waals surface area contributed by atoms with E-state index in [1.165, 1.54) is 18.4 Å². The van der Waals surface area contributed by atoms with Gasteiger partial charge in [-0.1, -0.05) is 24.3 Å². The maximum absolute atomic E-state index is 11.8. The van der Waals surface area contributed by atoms with E-state index in [9.17, 15) is 4.79 Å². The lowest BCUT2D eigenvalue weighted by atomic mass is 9.94. The molecular formula is C17H21NO2. The van der Waals surface area contributed by atoms with Gasteiger partial charge in [0, 0.05) is 6.42 Å². The Morgan fingerprint density at radius 1 is 1.30 bits per heavy atom. The van der Waals surface area contributed by atoms with E-state index in [2.05, 4.69) is 23.5 Å². The minimum atomic E-state index is -0.187. The van der Waals surface area contributed by atoms with Crippen molar-refractivity contribution < 1.29 is 9.53 Å². The van der Waals surface area contributed by atoms with Gasteiger partial charge in [-0.05, 0) is 56.0 Å². The van der Waals surface area contributed by atoms with Gasteiger partial charge in [0.2, 0.25) is 0 Å². The van der Waals surface area contributed by atoms with Crippen LogP contribution in [0.2, 0.25) is 0 Å². The molecule has 0 amide bonds. The summed E-state index contributed by atoms with van der Waals surface area (Å²) in [6, 6.07) is 6.03. The number of hydrogen-bond acceptors (Lipinski definition) is 3. The van der Waals surface area contributed by atoms with E-state index in [0.717, 1.165) is 30.6 Å². The standard InChI is InChI=1S/C17H21NO2/c1-12-10-15-11-14(4-5-16(15)17(19)20-12)3-2-13-6-8-18-9-7-13/h2-5,11-13,18H,6-10H2,1H3/b3-2+. The molecule has 1 saturated heterocycles. The first-order chi connectivity index (χ1) is 9.72. The van der Waals surface area contributed by atoms with Crippen LogP contribution >= 0.6 is 0 Å². The van der Waals surface area contributed by atoms with Gasteiger partial charge in [0.25, 0.3) is 0 Å². The molecule has 3 rings (SSSR count). The number of carbonyl (C=O) groups excluding carboxylic acids is 1. The largest absolute Gasteiger partial charge is 0.459 e. The molecule has 106 valence electrons. The number of benzene rings is 1. The highest BCUT2D eigenvalue weighted by atomic mass is 16.5. The summed E-state index contributed by atoms with van der Waals surface area (Å²) >= 11 is 0. The molecule has 1 N–H and O–H groups in total. The third-order valence-corrected chi connectivity index (χ3v) is 4.11. The molecule has 0 aromatic heterocycles. The van der Waals surface area contributed by atoms with Crippen molar-refractivity contribution in [1.82, 2.24) is 5.32 Å². The molecule has 1 unspecified atom stereocenters. The van der Waals surface area contributed by atoms with Crippen LogP contribution in [0.1, 0.15) is 41.3 Å². The monoisotopic (exact) mass is 271 g/mol. The zero-order valence-corrected chi connectivity index (χ0v) is 11.9. The van der Waals surface area contributed by atoms with Gasteiger partial charge in [0.15, 0.2) is 0 Å². The lowest BCUT2D eigenvalue weighted by Crippen LogP contribution is -2.26. The Morgan fingerprint density at radius 2 is 2.10 bits per heavy atom. The molecule has 3 heteroatoms. The Labute approximate surface area is 120 Å². The molecule has 0 aliphatic carbocycles. The number of hydrogen-bond donors (Lipinski definition) is 1. The molecule has 2 aliphatic heterocycles.